The number of fused-ring (bicyclic) bond motifs is 1. The highest BCUT2D eigenvalue weighted by atomic mass is 19.1. The minimum absolute atomic E-state index is 0.00746. The molecule has 0 spiro atoms. The first-order chi connectivity index (χ1) is 17.9. The van der Waals surface area contributed by atoms with Gasteiger partial charge in [-0.3, -0.25) is 9.69 Å². The van der Waals surface area contributed by atoms with Crippen LogP contribution < -0.4 is 10.1 Å². The molecule has 4 aromatic carbocycles. The number of ether oxygens (including phenoxy) is 1. The Bertz CT molecular complexity index is 1550. The molecule has 7 nitrogen and oxygen atoms in total. The van der Waals surface area contributed by atoms with Gasteiger partial charge in [0.15, 0.2) is 0 Å². The Morgan fingerprint density at radius 2 is 1.62 bits per heavy atom. The van der Waals surface area contributed by atoms with E-state index in [9.17, 15) is 18.8 Å². The Morgan fingerprint density at radius 3 is 2.35 bits per heavy atom. The molecule has 1 saturated heterocycles. The van der Waals surface area contributed by atoms with Crippen LogP contribution in [0.5, 0.6) is 5.75 Å². The van der Waals surface area contributed by atoms with Crippen LogP contribution in [0.25, 0.3) is 16.8 Å². The summed E-state index contributed by atoms with van der Waals surface area (Å²) in [6.07, 6.45) is 1.59. The Morgan fingerprint density at radius 1 is 0.919 bits per heavy atom. The maximum Gasteiger partial charge on any atom is 0.335 e. The number of carboxylic acid groups (broad SMARTS) is 1. The van der Waals surface area contributed by atoms with E-state index in [1.165, 1.54) is 36.4 Å². The van der Waals surface area contributed by atoms with Gasteiger partial charge >= 0.3 is 12.0 Å². The van der Waals surface area contributed by atoms with Crippen molar-refractivity contribution in [1.82, 2.24) is 10.2 Å². The number of imide groups is 1. The Labute approximate surface area is 211 Å². The molecule has 1 aliphatic heterocycles. The molecule has 4 aromatic rings. The molecule has 1 heterocycles. The zero-order valence-corrected chi connectivity index (χ0v) is 19.5. The third-order valence-corrected chi connectivity index (χ3v) is 6.03. The van der Waals surface area contributed by atoms with Gasteiger partial charge in [0.05, 0.1) is 12.1 Å². The number of rotatable bonds is 7. The van der Waals surface area contributed by atoms with E-state index in [-0.39, 0.29) is 24.4 Å². The zero-order chi connectivity index (χ0) is 25.9. The van der Waals surface area contributed by atoms with Gasteiger partial charge < -0.3 is 15.2 Å². The predicted molar refractivity (Wildman–Crippen MR) is 135 cm³/mol. The topological polar surface area (TPSA) is 95.9 Å². The fourth-order valence-corrected chi connectivity index (χ4v) is 4.09. The molecule has 2 N–H and O–H groups in total. The second-order valence-corrected chi connectivity index (χ2v) is 8.50. The van der Waals surface area contributed by atoms with E-state index >= 15 is 0 Å². The third kappa shape index (κ3) is 5.04. The summed E-state index contributed by atoms with van der Waals surface area (Å²) in [5, 5.41) is 13.5. The largest absolute Gasteiger partial charge is 0.488 e. The average molecular weight is 496 g/mol. The fourth-order valence-electron chi connectivity index (χ4n) is 4.09. The van der Waals surface area contributed by atoms with E-state index in [1.807, 2.05) is 30.3 Å². The summed E-state index contributed by atoms with van der Waals surface area (Å²) in [4.78, 5) is 37.9. The van der Waals surface area contributed by atoms with Crippen molar-refractivity contribution in [1.29, 1.82) is 0 Å². The lowest BCUT2D eigenvalue weighted by Gasteiger charge is -2.13. The van der Waals surface area contributed by atoms with Crippen LogP contribution in [0.4, 0.5) is 9.18 Å². The third-order valence-electron chi connectivity index (χ3n) is 6.03. The lowest BCUT2D eigenvalue weighted by atomic mass is 10.0. The van der Waals surface area contributed by atoms with Gasteiger partial charge in [0.25, 0.3) is 5.91 Å². The van der Waals surface area contributed by atoms with Gasteiger partial charge in [0.1, 0.15) is 23.9 Å². The summed E-state index contributed by atoms with van der Waals surface area (Å²) in [5.74, 6) is -1.42. The highest BCUT2D eigenvalue weighted by Gasteiger charge is 2.33. The second-order valence-electron chi connectivity index (χ2n) is 8.50. The lowest BCUT2D eigenvalue weighted by Crippen LogP contribution is -2.30. The van der Waals surface area contributed by atoms with Crippen LogP contribution in [0.15, 0.2) is 90.6 Å². The highest BCUT2D eigenvalue weighted by molar-refractivity contribution is 6.14. The quantitative estimate of drug-likeness (QED) is 0.266. The number of hydrogen-bond donors (Lipinski definition) is 2. The molecule has 0 radical (unpaired) electrons. The summed E-state index contributed by atoms with van der Waals surface area (Å²) in [7, 11) is 0. The van der Waals surface area contributed by atoms with Crippen molar-refractivity contribution in [2.75, 3.05) is 0 Å². The molecule has 0 atom stereocenters. The fraction of sp³-hybridized carbons (Fsp3) is 0.0690. The monoisotopic (exact) mass is 496 g/mol. The van der Waals surface area contributed by atoms with Crippen LogP contribution in [0.2, 0.25) is 0 Å². The van der Waals surface area contributed by atoms with E-state index in [4.69, 9.17) is 9.84 Å². The van der Waals surface area contributed by atoms with Gasteiger partial charge in [-0.15, -0.1) is 0 Å². The molecule has 0 aromatic heterocycles. The number of carbonyl (C=O) groups is 3. The van der Waals surface area contributed by atoms with Crippen LogP contribution in [0, 0.1) is 5.82 Å². The van der Waals surface area contributed by atoms with E-state index in [0.29, 0.717) is 16.9 Å². The SMILES string of the molecule is O=C(O)c1ccc(COc2ccc3ccccc3c2/C=C2/NC(=O)N(Cc3ccc(F)cc3)C2=O)cc1. The van der Waals surface area contributed by atoms with Gasteiger partial charge in [0, 0.05) is 5.56 Å². The smallest absolute Gasteiger partial charge is 0.335 e. The molecule has 8 heteroatoms. The first-order valence-corrected chi connectivity index (χ1v) is 11.4. The summed E-state index contributed by atoms with van der Waals surface area (Å²) in [6, 6.07) is 22.7. The number of amides is 3. The normalized spacial score (nSPS) is 14.3. The van der Waals surface area contributed by atoms with Gasteiger partial charge in [-0.1, -0.05) is 54.6 Å². The van der Waals surface area contributed by atoms with Crippen LogP contribution in [0.3, 0.4) is 0 Å². The number of hydrogen-bond acceptors (Lipinski definition) is 4. The second kappa shape index (κ2) is 9.94. The first kappa shape index (κ1) is 23.7. The molecular weight excluding hydrogens is 475 g/mol. The number of carboxylic acids is 1. The molecule has 0 bridgehead atoms. The Kier molecular flexibility index (Phi) is 6.38. The number of halogens is 1. The molecule has 5 rings (SSSR count). The van der Waals surface area contributed by atoms with Crippen LogP contribution in [-0.2, 0) is 17.9 Å². The van der Waals surface area contributed by atoms with Crippen molar-refractivity contribution in [3.8, 4) is 5.75 Å². The van der Waals surface area contributed by atoms with E-state index in [1.54, 1.807) is 24.3 Å². The molecule has 0 aliphatic carbocycles. The number of aromatic carboxylic acids is 1. The maximum atomic E-state index is 13.2. The Balaban J connectivity index is 1.44. The molecular formula is C29H21FN2O5. The van der Waals surface area contributed by atoms with Crippen molar-refractivity contribution in [2.24, 2.45) is 0 Å². The minimum atomic E-state index is -1.01. The van der Waals surface area contributed by atoms with E-state index in [2.05, 4.69) is 5.32 Å². The van der Waals surface area contributed by atoms with Crippen molar-refractivity contribution in [3.63, 3.8) is 0 Å². The lowest BCUT2D eigenvalue weighted by molar-refractivity contribution is -0.123. The highest BCUT2D eigenvalue weighted by Crippen LogP contribution is 2.32. The molecule has 1 aliphatic rings. The van der Waals surface area contributed by atoms with Crippen molar-refractivity contribution < 1.29 is 28.6 Å². The first-order valence-electron chi connectivity index (χ1n) is 11.4. The van der Waals surface area contributed by atoms with Gasteiger partial charge in [0.2, 0.25) is 0 Å². The standard InChI is InChI=1S/C29H21FN2O5/c30-22-12-7-18(8-13-22)16-32-27(33)25(31-29(32)36)15-24-23-4-2-1-3-20(23)11-14-26(24)37-17-19-5-9-21(10-6-19)28(34)35/h1-15H,16-17H2,(H,31,36)(H,34,35)/b25-15+. The minimum Gasteiger partial charge on any atom is -0.488 e. The number of nitrogens with one attached hydrogen (secondary N) is 1. The summed E-state index contributed by atoms with van der Waals surface area (Å²) >= 11 is 0. The van der Waals surface area contributed by atoms with Gasteiger partial charge in [-0.25, -0.2) is 14.0 Å². The Hall–Kier alpha value is -4.98. The average Bonchev–Trinajstić information content (AvgIpc) is 3.17. The van der Waals surface area contributed by atoms with Crippen LogP contribution in [0.1, 0.15) is 27.0 Å². The number of carbonyl (C=O) groups excluding carboxylic acids is 2. The molecule has 0 unspecified atom stereocenters. The number of nitrogens with zero attached hydrogens (tertiary/aromatic N) is 1. The summed E-state index contributed by atoms with van der Waals surface area (Å²) in [6.45, 7) is 0.179. The van der Waals surface area contributed by atoms with Crippen LogP contribution in [-0.4, -0.2) is 27.9 Å². The van der Waals surface area contributed by atoms with Crippen molar-refractivity contribution >= 4 is 34.8 Å². The van der Waals surface area contributed by atoms with Crippen molar-refractivity contribution in [2.45, 2.75) is 13.2 Å². The maximum absolute atomic E-state index is 13.2. The van der Waals surface area contributed by atoms with Gasteiger partial charge in [-0.05, 0) is 58.3 Å². The number of urea groups is 1. The summed E-state index contributed by atoms with van der Waals surface area (Å²) < 4.78 is 19.3. The van der Waals surface area contributed by atoms with Crippen LogP contribution >= 0.6 is 0 Å². The molecule has 3 amide bonds. The van der Waals surface area contributed by atoms with Gasteiger partial charge in [-0.2, -0.15) is 0 Å². The molecule has 1 fully saturated rings. The summed E-state index contributed by atoms with van der Waals surface area (Å²) in [5.41, 5.74) is 2.29. The predicted octanol–water partition coefficient (Wildman–Crippen LogP) is 5.35. The molecule has 37 heavy (non-hydrogen) atoms. The van der Waals surface area contributed by atoms with E-state index in [0.717, 1.165) is 21.2 Å². The zero-order valence-electron chi connectivity index (χ0n) is 19.5. The number of benzene rings is 4. The molecule has 184 valence electrons. The molecule has 0 saturated carbocycles. The van der Waals surface area contributed by atoms with E-state index < -0.39 is 23.7 Å². The van der Waals surface area contributed by atoms with Crippen molar-refractivity contribution in [3.05, 3.63) is 119 Å².